The van der Waals surface area contributed by atoms with E-state index in [1.54, 1.807) is 0 Å². The summed E-state index contributed by atoms with van der Waals surface area (Å²) in [5.41, 5.74) is 1.77. The topological polar surface area (TPSA) is 6.48 Å². The molecule has 0 aromatic rings. The second kappa shape index (κ2) is 8.08. The van der Waals surface area contributed by atoms with Gasteiger partial charge in [0, 0.05) is 19.6 Å². The number of hydrogen-bond acceptors (Lipinski definition) is 2. The number of hydrogen-bond donors (Lipinski definition) is 0. The van der Waals surface area contributed by atoms with E-state index in [9.17, 15) is 0 Å². The molecule has 0 bridgehead atoms. The summed E-state index contributed by atoms with van der Waals surface area (Å²) in [6.45, 7) is 14.8. The van der Waals surface area contributed by atoms with Gasteiger partial charge in [-0.1, -0.05) is 40.5 Å². The molecule has 1 aliphatic carbocycles. The molecular weight excluding hydrogens is 292 g/mol. The second-order valence-corrected chi connectivity index (χ2v) is 10.4. The zero-order chi connectivity index (χ0) is 17.8. The van der Waals surface area contributed by atoms with E-state index >= 15 is 0 Å². The molecule has 2 aliphatic rings. The minimum absolute atomic E-state index is 0.401. The van der Waals surface area contributed by atoms with Crippen molar-refractivity contribution in [2.45, 2.75) is 85.5 Å². The van der Waals surface area contributed by atoms with Crippen molar-refractivity contribution >= 4 is 0 Å². The predicted octanol–water partition coefficient (Wildman–Crippen LogP) is 5.43. The third-order valence-electron chi connectivity index (χ3n) is 6.85. The Morgan fingerprint density at radius 2 is 1.50 bits per heavy atom. The zero-order valence-corrected chi connectivity index (χ0v) is 17.6. The Morgan fingerprint density at radius 3 is 2.00 bits per heavy atom. The van der Waals surface area contributed by atoms with Gasteiger partial charge in [0.25, 0.3) is 0 Å². The van der Waals surface area contributed by atoms with Crippen molar-refractivity contribution < 1.29 is 0 Å². The zero-order valence-electron chi connectivity index (χ0n) is 17.6. The molecule has 0 amide bonds. The summed E-state index contributed by atoms with van der Waals surface area (Å²) in [5, 5.41) is 0. The minimum Gasteiger partial charge on any atom is -0.309 e. The highest BCUT2D eigenvalue weighted by atomic mass is 15.2. The van der Waals surface area contributed by atoms with Gasteiger partial charge in [0.2, 0.25) is 0 Å². The van der Waals surface area contributed by atoms with E-state index in [2.05, 4.69) is 51.6 Å². The van der Waals surface area contributed by atoms with E-state index in [1.165, 1.54) is 84.0 Å². The van der Waals surface area contributed by atoms with Crippen LogP contribution in [0.15, 0.2) is 0 Å². The summed E-state index contributed by atoms with van der Waals surface area (Å²) in [6, 6.07) is 0. The van der Waals surface area contributed by atoms with E-state index in [4.69, 9.17) is 0 Å². The van der Waals surface area contributed by atoms with Crippen molar-refractivity contribution in [1.82, 2.24) is 9.80 Å². The van der Waals surface area contributed by atoms with Crippen molar-refractivity contribution in [1.29, 1.82) is 0 Å². The Morgan fingerprint density at radius 1 is 0.917 bits per heavy atom. The first-order valence-corrected chi connectivity index (χ1v) is 10.6. The van der Waals surface area contributed by atoms with Crippen LogP contribution >= 0.6 is 0 Å². The standard InChI is InChI=1S/C22H44N2/c1-7-9-21(10-8-2)11-13-22(14-12-21)15-16-24(19-22)18-20(3,4)17-23(5)6/h7-19H2,1-6H3. The molecule has 1 saturated carbocycles. The summed E-state index contributed by atoms with van der Waals surface area (Å²) in [7, 11) is 4.41. The molecular formula is C22H44N2. The van der Waals surface area contributed by atoms with Crippen LogP contribution in [0.25, 0.3) is 0 Å². The summed E-state index contributed by atoms with van der Waals surface area (Å²) >= 11 is 0. The molecule has 0 N–H and O–H groups in total. The summed E-state index contributed by atoms with van der Waals surface area (Å²) < 4.78 is 0. The monoisotopic (exact) mass is 336 g/mol. The van der Waals surface area contributed by atoms with E-state index < -0.39 is 0 Å². The van der Waals surface area contributed by atoms with Crippen LogP contribution in [0.2, 0.25) is 0 Å². The van der Waals surface area contributed by atoms with Crippen LogP contribution in [0.1, 0.15) is 85.5 Å². The SMILES string of the molecule is CCCC1(CCC)CCC2(CCN(CC(C)(C)CN(C)C)C2)CC1. The highest BCUT2D eigenvalue weighted by Gasteiger charge is 2.45. The smallest absolute Gasteiger partial charge is 0.00452 e. The maximum absolute atomic E-state index is 2.79. The third kappa shape index (κ3) is 5.21. The molecule has 0 radical (unpaired) electrons. The molecule has 2 rings (SSSR count). The van der Waals surface area contributed by atoms with Crippen molar-refractivity contribution in [3.8, 4) is 0 Å². The molecule has 0 aromatic carbocycles. The first kappa shape index (κ1) is 20.2. The molecule has 142 valence electrons. The maximum Gasteiger partial charge on any atom is 0.00452 e. The van der Waals surface area contributed by atoms with Crippen molar-refractivity contribution in [3.63, 3.8) is 0 Å². The van der Waals surface area contributed by atoms with Crippen LogP contribution in [-0.4, -0.2) is 50.1 Å². The fourth-order valence-electron chi connectivity index (χ4n) is 6.08. The lowest BCUT2D eigenvalue weighted by atomic mass is 9.60. The fraction of sp³-hybridized carbons (Fsp3) is 1.00. The molecule has 0 aromatic heterocycles. The summed E-state index contributed by atoms with van der Waals surface area (Å²) in [6.07, 6.45) is 13.1. The Labute approximate surface area is 152 Å². The van der Waals surface area contributed by atoms with Gasteiger partial charge in [0.1, 0.15) is 0 Å². The Kier molecular flexibility index (Phi) is 6.81. The van der Waals surface area contributed by atoms with E-state index in [0.29, 0.717) is 16.2 Å². The largest absolute Gasteiger partial charge is 0.309 e. The molecule has 24 heavy (non-hydrogen) atoms. The number of rotatable bonds is 8. The van der Waals surface area contributed by atoms with Crippen LogP contribution < -0.4 is 0 Å². The molecule has 1 aliphatic heterocycles. The molecule has 0 unspecified atom stereocenters. The fourth-order valence-corrected chi connectivity index (χ4v) is 6.08. The molecule has 2 nitrogen and oxygen atoms in total. The van der Waals surface area contributed by atoms with Crippen LogP contribution in [-0.2, 0) is 0 Å². The van der Waals surface area contributed by atoms with Gasteiger partial charge in [-0.15, -0.1) is 0 Å². The molecule has 2 fully saturated rings. The molecule has 1 heterocycles. The lowest BCUT2D eigenvalue weighted by Crippen LogP contribution is -2.41. The molecule has 0 atom stereocenters. The van der Waals surface area contributed by atoms with Gasteiger partial charge in [-0.25, -0.2) is 0 Å². The first-order valence-electron chi connectivity index (χ1n) is 10.6. The Hall–Kier alpha value is -0.0800. The van der Waals surface area contributed by atoms with Gasteiger partial charge in [-0.2, -0.15) is 0 Å². The third-order valence-corrected chi connectivity index (χ3v) is 6.85. The van der Waals surface area contributed by atoms with E-state index in [0.717, 1.165) is 0 Å². The van der Waals surface area contributed by atoms with Gasteiger partial charge in [-0.3, -0.25) is 0 Å². The number of nitrogens with zero attached hydrogens (tertiary/aromatic N) is 2. The quantitative estimate of drug-likeness (QED) is 0.583. The van der Waals surface area contributed by atoms with Crippen LogP contribution in [0.5, 0.6) is 0 Å². The Balaban J connectivity index is 1.89. The highest BCUT2D eigenvalue weighted by Crippen LogP contribution is 2.53. The minimum atomic E-state index is 0.401. The first-order chi connectivity index (χ1) is 11.2. The second-order valence-electron chi connectivity index (χ2n) is 10.4. The molecule has 2 heteroatoms. The normalized spacial score (nSPS) is 24.1. The van der Waals surface area contributed by atoms with Crippen LogP contribution in [0.4, 0.5) is 0 Å². The van der Waals surface area contributed by atoms with E-state index in [1.807, 2.05) is 0 Å². The van der Waals surface area contributed by atoms with E-state index in [-0.39, 0.29) is 0 Å². The van der Waals surface area contributed by atoms with Crippen molar-refractivity contribution in [2.24, 2.45) is 16.2 Å². The summed E-state index contributed by atoms with van der Waals surface area (Å²) in [5.74, 6) is 0. The lowest BCUT2D eigenvalue weighted by molar-refractivity contribution is 0.0600. The lowest BCUT2D eigenvalue weighted by Gasteiger charge is -2.45. The Bertz CT molecular complexity index is 369. The predicted molar refractivity (Wildman–Crippen MR) is 107 cm³/mol. The van der Waals surface area contributed by atoms with Crippen LogP contribution in [0.3, 0.4) is 0 Å². The average molecular weight is 337 g/mol. The van der Waals surface area contributed by atoms with Gasteiger partial charge >= 0.3 is 0 Å². The van der Waals surface area contributed by atoms with Crippen LogP contribution in [0, 0.1) is 16.2 Å². The maximum atomic E-state index is 2.79. The number of likely N-dealkylation sites (tertiary alicyclic amines) is 1. The summed E-state index contributed by atoms with van der Waals surface area (Å²) in [4.78, 5) is 5.13. The van der Waals surface area contributed by atoms with Gasteiger partial charge in [-0.05, 0) is 81.8 Å². The highest BCUT2D eigenvalue weighted by molar-refractivity contribution is 4.98. The molecule has 1 saturated heterocycles. The van der Waals surface area contributed by atoms with Crippen molar-refractivity contribution in [3.05, 3.63) is 0 Å². The van der Waals surface area contributed by atoms with Crippen molar-refractivity contribution in [2.75, 3.05) is 40.3 Å². The average Bonchev–Trinajstić information content (AvgIpc) is 2.84. The van der Waals surface area contributed by atoms with Gasteiger partial charge in [0.05, 0.1) is 0 Å². The van der Waals surface area contributed by atoms with Gasteiger partial charge < -0.3 is 9.80 Å². The molecule has 1 spiro atoms. The van der Waals surface area contributed by atoms with Gasteiger partial charge in [0.15, 0.2) is 0 Å².